The first-order valence-corrected chi connectivity index (χ1v) is 7.02. The minimum Gasteiger partial charge on any atom is -0.381 e. The molecule has 0 aromatic heterocycles. The Balaban J connectivity index is 2.00. The predicted molar refractivity (Wildman–Crippen MR) is 75.8 cm³/mol. The molecule has 1 heterocycles. The fraction of sp³-hybridized carbons (Fsp3) is 0.562. The van der Waals surface area contributed by atoms with E-state index in [2.05, 4.69) is 37.4 Å². The Bertz CT molecular complexity index is 433. The van der Waals surface area contributed by atoms with Gasteiger partial charge >= 0.3 is 0 Å². The number of nitriles is 1. The number of ether oxygens (including phenoxy) is 1. The Morgan fingerprint density at radius 1 is 1.37 bits per heavy atom. The predicted octanol–water partition coefficient (Wildman–Crippen LogP) is 2.50. The van der Waals surface area contributed by atoms with Crippen molar-refractivity contribution in [2.45, 2.75) is 38.8 Å². The second-order valence-electron chi connectivity index (χ2n) is 5.56. The Kier molecular flexibility index (Phi) is 4.95. The molecular formula is C16H22N2O. The normalized spacial score (nSPS) is 23.3. The highest BCUT2D eigenvalue weighted by molar-refractivity contribution is 5.31. The summed E-state index contributed by atoms with van der Waals surface area (Å²) in [4.78, 5) is 0. The molecule has 0 radical (unpaired) electrons. The Morgan fingerprint density at radius 2 is 2.11 bits per heavy atom. The first kappa shape index (κ1) is 14.0. The molecule has 102 valence electrons. The topological polar surface area (TPSA) is 45.0 Å². The highest BCUT2D eigenvalue weighted by atomic mass is 16.5. The molecule has 0 bridgehead atoms. The lowest BCUT2D eigenvalue weighted by Crippen LogP contribution is -2.46. The molecule has 0 aliphatic carbocycles. The molecule has 1 saturated heterocycles. The van der Waals surface area contributed by atoms with Gasteiger partial charge in [0.05, 0.1) is 18.2 Å². The SMILES string of the molecule is CC(C)NC1CCOCC1Cc1ccc(C#N)cc1. The van der Waals surface area contributed by atoms with Gasteiger partial charge in [0.2, 0.25) is 0 Å². The lowest BCUT2D eigenvalue weighted by Gasteiger charge is -2.33. The van der Waals surface area contributed by atoms with E-state index in [0.717, 1.165) is 31.6 Å². The monoisotopic (exact) mass is 258 g/mol. The third-order valence-corrected chi connectivity index (χ3v) is 3.60. The summed E-state index contributed by atoms with van der Waals surface area (Å²) in [5, 5.41) is 12.5. The maximum absolute atomic E-state index is 8.81. The van der Waals surface area contributed by atoms with E-state index in [1.807, 2.05) is 12.1 Å². The highest BCUT2D eigenvalue weighted by Crippen LogP contribution is 2.20. The van der Waals surface area contributed by atoms with E-state index in [4.69, 9.17) is 10.00 Å². The first-order chi connectivity index (χ1) is 9.19. The second kappa shape index (κ2) is 6.70. The summed E-state index contributed by atoms with van der Waals surface area (Å²) in [7, 11) is 0. The van der Waals surface area contributed by atoms with Crippen molar-refractivity contribution in [2.24, 2.45) is 5.92 Å². The molecule has 2 unspecified atom stereocenters. The largest absolute Gasteiger partial charge is 0.381 e. The van der Waals surface area contributed by atoms with Crippen molar-refractivity contribution >= 4 is 0 Å². The van der Waals surface area contributed by atoms with E-state index in [1.54, 1.807) is 0 Å². The van der Waals surface area contributed by atoms with Crippen LogP contribution in [0, 0.1) is 17.2 Å². The van der Waals surface area contributed by atoms with Crippen molar-refractivity contribution in [1.82, 2.24) is 5.32 Å². The molecule has 2 atom stereocenters. The third-order valence-electron chi connectivity index (χ3n) is 3.60. The molecule has 1 aliphatic rings. The van der Waals surface area contributed by atoms with Crippen LogP contribution in [0.15, 0.2) is 24.3 Å². The second-order valence-corrected chi connectivity index (χ2v) is 5.56. The van der Waals surface area contributed by atoms with Gasteiger partial charge in [-0.3, -0.25) is 0 Å². The minimum atomic E-state index is 0.506. The van der Waals surface area contributed by atoms with Crippen LogP contribution in [0.1, 0.15) is 31.4 Å². The van der Waals surface area contributed by atoms with Crippen LogP contribution in [0.5, 0.6) is 0 Å². The van der Waals surface area contributed by atoms with Gasteiger partial charge in [0.15, 0.2) is 0 Å². The number of rotatable bonds is 4. The lowest BCUT2D eigenvalue weighted by molar-refractivity contribution is 0.0300. The molecular weight excluding hydrogens is 236 g/mol. The molecule has 2 rings (SSSR count). The zero-order valence-electron chi connectivity index (χ0n) is 11.7. The smallest absolute Gasteiger partial charge is 0.0991 e. The van der Waals surface area contributed by atoms with E-state index in [-0.39, 0.29) is 0 Å². The van der Waals surface area contributed by atoms with Gasteiger partial charge in [-0.05, 0) is 30.5 Å². The average molecular weight is 258 g/mol. The van der Waals surface area contributed by atoms with Gasteiger partial charge in [-0.2, -0.15) is 5.26 Å². The summed E-state index contributed by atoms with van der Waals surface area (Å²) in [6, 6.07) is 11.1. The molecule has 1 aromatic rings. The standard InChI is InChI=1S/C16H22N2O/c1-12(2)18-16-7-8-19-11-15(16)9-13-3-5-14(10-17)6-4-13/h3-6,12,15-16,18H,7-9,11H2,1-2H3. The fourth-order valence-electron chi connectivity index (χ4n) is 2.66. The summed E-state index contributed by atoms with van der Waals surface area (Å²) in [5.41, 5.74) is 2.01. The van der Waals surface area contributed by atoms with E-state index in [0.29, 0.717) is 18.0 Å². The van der Waals surface area contributed by atoms with Gasteiger partial charge in [-0.25, -0.2) is 0 Å². The van der Waals surface area contributed by atoms with Crippen LogP contribution in [0.2, 0.25) is 0 Å². The zero-order valence-corrected chi connectivity index (χ0v) is 11.7. The summed E-state index contributed by atoms with van der Waals surface area (Å²) in [6.45, 7) is 6.06. The molecule has 0 saturated carbocycles. The molecule has 0 spiro atoms. The van der Waals surface area contributed by atoms with Crippen molar-refractivity contribution in [3.8, 4) is 6.07 Å². The fourth-order valence-corrected chi connectivity index (χ4v) is 2.66. The van der Waals surface area contributed by atoms with Crippen LogP contribution >= 0.6 is 0 Å². The Labute approximate surface area is 115 Å². The molecule has 1 fully saturated rings. The summed E-state index contributed by atoms with van der Waals surface area (Å²) >= 11 is 0. The molecule has 1 N–H and O–H groups in total. The van der Waals surface area contributed by atoms with Crippen LogP contribution in [0.4, 0.5) is 0 Å². The first-order valence-electron chi connectivity index (χ1n) is 7.02. The zero-order chi connectivity index (χ0) is 13.7. The maximum atomic E-state index is 8.81. The van der Waals surface area contributed by atoms with Crippen molar-refractivity contribution < 1.29 is 4.74 Å². The summed E-state index contributed by atoms with van der Waals surface area (Å²) < 4.78 is 5.62. The quantitative estimate of drug-likeness (QED) is 0.902. The van der Waals surface area contributed by atoms with E-state index >= 15 is 0 Å². The molecule has 19 heavy (non-hydrogen) atoms. The Hall–Kier alpha value is -1.37. The molecule has 0 amide bonds. The number of benzene rings is 1. The summed E-state index contributed by atoms with van der Waals surface area (Å²) in [6.07, 6.45) is 2.09. The van der Waals surface area contributed by atoms with Gasteiger partial charge < -0.3 is 10.1 Å². The number of hydrogen-bond acceptors (Lipinski definition) is 3. The van der Waals surface area contributed by atoms with Crippen LogP contribution in [0.3, 0.4) is 0 Å². The van der Waals surface area contributed by atoms with E-state index in [1.165, 1.54) is 5.56 Å². The van der Waals surface area contributed by atoms with Gasteiger partial charge in [0.25, 0.3) is 0 Å². The minimum absolute atomic E-state index is 0.506. The highest BCUT2D eigenvalue weighted by Gasteiger charge is 2.26. The Morgan fingerprint density at radius 3 is 2.74 bits per heavy atom. The van der Waals surface area contributed by atoms with Gasteiger partial charge in [0, 0.05) is 24.6 Å². The van der Waals surface area contributed by atoms with Crippen LogP contribution < -0.4 is 5.32 Å². The third kappa shape index (κ3) is 4.05. The number of hydrogen-bond donors (Lipinski definition) is 1. The van der Waals surface area contributed by atoms with Crippen molar-refractivity contribution in [1.29, 1.82) is 5.26 Å². The maximum Gasteiger partial charge on any atom is 0.0991 e. The van der Waals surface area contributed by atoms with Crippen LogP contribution in [-0.2, 0) is 11.2 Å². The number of nitrogens with one attached hydrogen (secondary N) is 1. The molecule has 1 aliphatic heterocycles. The molecule has 1 aromatic carbocycles. The van der Waals surface area contributed by atoms with Crippen molar-refractivity contribution in [3.05, 3.63) is 35.4 Å². The van der Waals surface area contributed by atoms with Gasteiger partial charge in [0.1, 0.15) is 0 Å². The molecule has 3 heteroatoms. The number of nitrogens with zero attached hydrogens (tertiary/aromatic N) is 1. The van der Waals surface area contributed by atoms with Crippen LogP contribution in [-0.4, -0.2) is 25.3 Å². The van der Waals surface area contributed by atoms with Crippen molar-refractivity contribution in [3.63, 3.8) is 0 Å². The van der Waals surface area contributed by atoms with Crippen molar-refractivity contribution in [2.75, 3.05) is 13.2 Å². The van der Waals surface area contributed by atoms with E-state index < -0.39 is 0 Å². The average Bonchev–Trinajstić information content (AvgIpc) is 2.41. The van der Waals surface area contributed by atoms with Crippen LogP contribution in [0.25, 0.3) is 0 Å². The lowest BCUT2D eigenvalue weighted by atomic mass is 9.89. The summed E-state index contributed by atoms with van der Waals surface area (Å²) in [5.74, 6) is 0.518. The van der Waals surface area contributed by atoms with Gasteiger partial charge in [-0.1, -0.05) is 26.0 Å². The van der Waals surface area contributed by atoms with E-state index in [9.17, 15) is 0 Å². The molecule has 3 nitrogen and oxygen atoms in total. The van der Waals surface area contributed by atoms with Gasteiger partial charge in [-0.15, -0.1) is 0 Å².